The third kappa shape index (κ3) is 7.05. The molecule has 1 atom stereocenters. The summed E-state index contributed by atoms with van der Waals surface area (Å²) in [4.78, 5) is 35.0. The van der Waals surface area contributed by atoms with Gasteiger partial charge in [-0.2, -0.15) is 0 Å². The van der Waals surface area contributed by atoms with E-state index in [0.717, 1.165) is 6.92 Å². The van der Waals surface area contributed by atoms with Crippen LogP contribution in [0.15, 0.2) is 0 Å². The largest absolute Gasteiger partial charge is 0.463 e. The quantitative estimate of drug-likeness (QED) is 0.297. The van der Waals surface area contributed by atoms with Gasteiger partial charge >= 0.3 is 17.9 Å². The third-order valence-electron chi connectivity index (χ3n) is 2.15. The molecule has 8 heteroatoms. The maximum atomic E-state index is 12.1. The molecule has 0 heterocycles. The van der Waals surface area contributed by atoms with Gasteiger partial charge in [0.1, 0.15) is 18.8 Å². The lowest BCUT2D eigenvalue weighted by Crippen LogP contribution is -2.61. The highest BCUT2D eigenvalue weighted by atomic mass is 16.6. The number of esters is 3. The highest BCUT2D eigenvalue weighted by Gasteiger charge is 2.48. The van der Waals surface area contributed by atoms with Crippen molar-refractivity contribution >= 4 is 17.9 Å². The van der Waals surface area contributed by atoms with Crippen LogP contribution in [0.1, 0.15) is 27.7 Å². The molecule has 0 bridgehead atoms. The van der Waals surface area contributed by atoms with Gasteiger partial charge in [0.15, 0.2) is 0 Å². The van der Waals surface area contributed by atoms with Crippen LogP contribution in [-0.2, 0) is 33.3 Å². The van der Waals surface area contributed by atoms with Crippen molar-refractivity contribution in [3.8, 4) is 0 Å². The lowest BCUT2D eigenvalue weighted by Gasteiger charge is -2.28. The van der Waals surface area contributed by atoms with E-state index < -0.39 is 35.7 Å². The average Bonchev–Trinajstić information content (AvgIpc) is 2.33. The summed E-state index contributed by atoms with van der Waals surface area (Å²) in [6.45, 7) is 5.38. The molecule has 0 amide bonds. The molecule has 0 aliphatic rings. The van der Waals surface area contributed by atoms with Gasteiger partial charge in [0, 0.05) is 14.0 Å². The van der Waals surface area contributed by atoms with Crippen molar-refractivity contribution < 1.29 is 33.3 Å². The van der Waals surface area contributed by atoms with Crippen molar-refractivity contribution in [1.29, 1.82) is 0 Å². The molecular formula is C13H23NO7. The second kappa shape index (κ2) is 7.94. The Morgan fingerprint density at radius 1 is 1.00 bits per heavy atom. The number of nitrogens with two attached hydrogens (primary N) is 1. The third-order valence-corrected chi connectivity index (χ3v) is 2.15. The van der Waals surface area contributed by atoms with E-state index in [1.807, 2.05) is 0 Å². The molecule has 0 unspecified atom stereocenters. The second-order valence-corrected chi connectivity index (χ2v) is 5.38. The average molecular weight is 305 g/mol. The van der Waals surface area contributed by atoms with Gasteiger partial charge < -0.3 is 24.7 Å². The molecule has 2 N–H and O–H groups in total. The molecular weight excluding hydrogens is 282 g/mol. The molecule has 8 nitrogen and oxygen atoms in total. The summed E-state index contributed by atoms with van der Waals surface area (Å²) < 4.78 is 19.3. The van der Waals surface area contributed by atoms with Crippen LogP contribution in [0.2, 0.25) is 0 Å². The molecule has 0 spiro atoms. The fourth-order valence-electron chi connectivity index (χ4n) is 1.13. The number of carbonyl (C=O) groups excluding carboxylic acids is 3. The topological polar surface area (TPSA) is 114 Å². The molecule has 0 saturated carbocycles. The summed E-state index contributed by atoms with van der Waals surface area (Å²) in [7, 11) is 1.43. The predicted octanol–water partition coefficient (Wildman–Crippen LogP) is -0.222. The molecule has 21 heavy (non-hydrogen) atoms. The van der Waals surface area contributed by atoms with Crippen LogP contribution in [0.3, 0.4) is 0 Å². The molecule has 0 aliphatic heterocycles. The van der Waals surface area contributed by atoms with E-state index in [1.54, 1.807) is 20.8 Å². The van der Waals surface area contributed by atoms with E-state index >= 15 is 0 Å². The Morgan fingerprint density at radius 2 is 1.57 bits per heavy atom. The first-order chi connectivity index (χ1) is 9.53. The molecule has 0 aromatic rings. The van der Waals surface area contributed by atoms with E-state index in [9.17, 15) is 14.4 Å². The number of ether oxygens (including phenoxy) is 4. The Labute approximate surface area is 123 Å². The van der Waals surface area contributed by atoms with Gasteiger partial charge in [-0.15, -0.1) is 0 Å². The van der Waals surface area contributed by atoms with Crippen LogP contribution in [0, 0.1) is 0 Å². The lowest BCUT2D eigenvalue weighted by atomic mass is 10.0. The van der Waals surface area contributed by atoms with Gasteiger partial charge in [-0.25, -0.2) is 9.59 Å². The highest BCUT2D eigenvalue weighted by molar-refractivity contribution is 6.05. The van der Waals surface area contributed by atoms with E-state index in [4.69, 9.17) is 19.9 Å². The molecule has 0 aromatic heterocycles. The van der Waals surface area contributed by atoms with Crippen LogP contribution in [-0.4, -0.2) is 56.0 Å². The van der Waals surface area contributed by atoms with E-state index in [0.29, 0.717) is 0 Å². The van der Waals surface area contributed by atoms with E-state index in [-0.39, 0.29) is 13.2 Å². The highest BCUT2D eigenvalue weighted by Crippen LogP contribution is 2.15. The van der Waals surface area contributed by atoms with Crippen molar-refractivity contribution in [2.24, 2.45) is 5.73 Å². The number of hydrogen-bond acceptors (Lipinski definition) is 8. The Balaban J connectivity index is 5.02. The van der Waals surface area contributed by atoms with E-state index in [1.165, 1.54) is 7.11 Å². The standard InChI is InChI=1S/C13H23NO7/c1-9(15)20-8-13(14,10(16)19-7-6-18-5)11(17)21-12(2,3)4/h6-8,14H2,1-5H3/t13-/m0/s1. The number of carbonyl (C=O) groups is 3. The fraction of sp³-hybridized carbons (Fsp3) is 0.769. The van der Waals surface area contributed by atoms with Gasteiger partial charge in [0.05, 0.1) is 6.61 Å². The maximum absolute atomic E-state index is 12.1. The first-order valence-corrected chi connectivity index (χ1v) is 6.35. The van der Waals surface area contributed by atoms with Gasteiger partial charge in [-0.1, -0.05) is 0 Å². The Kier molecular flexibility index (Phi) is 7.31. The zero-order chi connectivity index (χ0) is 16.7. The van der Waals surface area contributed by atoms with Crippen molar-refractivity contribution in [2.75, 3.05) is 26.9 Å². The minimum atomic E-state index is -2.22. The van der Waals surface area contributed by atoms with Crippen LogP contribution in [0.5, 0.6) is 0 Å². The number of methoxy groups -OCH3 is 1. The summed E-state index contributed by atoms with van der Waals surface area (Å²) in [5.74, 6) is -2.76. The summed E-state index contributed by atoms with van der Waals surface area (Å²) in [6, 6.07) is 0. The monoisotopic (exact) mass is 305 g/mol. The van der Waals surface area contributed by atoms with Crippen molar-refractivity contribution in [3.05, 3.63) is 0 Å². The maximum Gasteiger partial charge on any atom is 0.342 e. The van der Waals surface area contributed by atoms with Crippen molar-refractivity contribution in [1.82, 2.24) is 0 Å². The fourth-order valence-corrected chi connectivity index (χ4v) is 1.13. The van der Waals surface area contributed by atoms with Crippen molar-refractivity contribution in [3.63, 3.8) is 0 Å². The van der Waals surface area contributed by atoms with Crippen LogP contribution in [0.4, 0.5) is 0 Å². The molecule has 122 valence electrons. The smallest absolute Gasteiger partial charge is 0.342 e. The van der Waals surface area contributed by atoms with E-state index in [2.05, 4.69) is 4.74 Å². The van der Waals surface area contributed by atoms with Gasteiger partial charge in [-0.05, 0) is 20.8 Å². The van der Waals surface area contributed by atoms with Crippen LogP contribution < -0.4 is 5.73 Å². The summed E-state index contributed by atoms with van der Waals surface area (Å²) in [5, 5.41) is 0. The Hall–Kier alpha value is -1.67. The molecule has 0 radical (unpaired) electrons. The van der Waals surface area contributed by atoms with Gasteiger partial charge in [0.25, 0.3) is 0 Å². The first-order valence-electron chi connectivity index (χ1n) is 6.35. The predicted molar refractivity (Wildman–Crippen MR) is 72.2 cm³/mol. The zero-order valence-corrected chi connectivity index (χ0v) is 13.1. The second-order valence-electron chi connectivity index (χ2n) is 5.38. The minimum absolute atomic E-state index is 0.0862. The Bertz CT molecular complexity index is 388. The number of hydrogen-bond donors (Lipinski definition) is 1. The molecule has 0 saturated heterocycles. The summed E-state index contributed by atoms with van der Waals surface area (Å²) in [5.41, 5.74) is 2.68. The van der Waals surface area contributed by atoms with Crippen LogP contribution >= 0.6 is 0 Å². The minimum Gasteiger partial charge on any atom is -0.463 e. The Morgan fingerprint density at radius 3 is 2.00 bits per heavy atom. The summed E-state index contributed by atoms with van der Waals surface area (Å²) in [6.07, 6.45) is 0. The number of rotatable bonds is 7. The van der Waals surface area contributed by atoms with Gasteiger partial charge in [0.2, 0.25) is 5.54 Å². The first kappa shape index (κ1) is 19.3. The zero-order valence-electron chi connectivity index (χ0n) is 13.1. The normalized spacial score (nSPS) is 14.0. The molecule has 0 rings (SSSR count). The molecule has 0 fully saturated rings. The summed E-state index contributed by atoms with van der Waals surface area (Å²) >= 11 is 0. The lowest BCUT2D eigenvalue weighted by molar-refractivity contribution is -0.176. The SMILES string of the molecule is COCCOC(=O)[C@@](N)(COC(C)=O)C(=O)OC(C)(C)C. The van der Waals surface area contributed by atoms with Crippen LogP contribution in [0.25, 0.3) is 0 Å². The molecule has 0 aromatic carbocycles. The van der Waals surface area contributed by atoms with Crippen molar-refractivity contribution in [2.45, 2.75) is 38.8 Å². The van der Waals surface area contributed by atoms with Gasteiger partial charge in [-0.3, -0.25) is 4.79 Å². The molecule has 0 aliphatic carbocycles.